The maximum absolute atomic E-state index is 11.5. The van der Waals surface area contributed by atoms with Gasteiger partial charge in [-0.1, -0.05) is 18.2 Å². The number of ether oxygens (including phenoxy) is 1. The summed E-state index contributed by atoms with van der Waals surface area (Å²) in [5, 5.41) is 10.4. The number of rotatable bonds is 3. The number of nitrogens with zero attached hydrogens (tertiary/aromatic N) is 2. The minimum Gasteiger partial charge on any atom is -0.410 e. The van der Waals surface area contributed by atoms with Crippen molar-refractivity contribution in [2.75, 3.05) is 0 Å². The third-order valence-corrected chi connectivity index (χ3v) is 2.22. The Hall–Kier alpha value is -2.43. The van der Waals surface area contributed by atoms with E-state index in [4.69, 9.17) is 4.74 Å². The molecule has 0 aliphatic carbocycles. The van der Waals surface area contributed by atoms with E-state index in [0.29, 0.717) is 18.0 Å². The van der Waals surface area contributed by atoms with E-state index in [-0.39, 0.29) is 0 Å². The van der Waals surface area contributed by atoms with Gasteiger partial charge in [0.15, 0.2) is 0 Å². The fourth-order valence-corrected chi connectivity index (χ4v) is 1.32. The molecule has 0 fully saturated rings. The zero-order valence-corrected chi connectivity index (χ0v) is 9.96. The van der Waals surface area contributed by atoms with Gasteiger partial charge < -0.3 is 10.1 Å². The van der Waals surface area contributed by atoms with Gasteiger partial charge in [-0.2, -0.15) is 10.2 Å². The highest BCUT2D eigenvalue weighted by molar-refractivity contribution is 5.70. The molecule has 0 atom stereocenters. The first kappa shape index (κ1) is 12.0. The molecular weight excluding hydrogens is 230 g/mol. The maximum Gasteiger partial charge on any atom is 0.412 e. The molecule has 1 heterocycles. The monoisotopic (exact) mass is 243 g/mol. The molecule has 0 aliphatic heterocycles. The SMILES string of the molecule is Cc1ccc(CNC(=O)Oc2ccccc2)nn1. The van der Waals surface area contributed by atoms with E-state index >= 15 is 0 Å². The average Bonchev–Trinajstić information content (AvgIpc) is 2.39. The molecule has 0 aliphatic rings. The Morgan fingerprint density at radius 2 is 1.94 bits per heavy atom. The van der Waals surface area contributed by atoms with Gasteiger partial charge in [0.05, 0.1) is 17.9 Å². The first-order valence-electron chi connectivity index (χ1n) is 5.54. The van der Waals surface area contributed by atoms with Crippen LogP contribution in [-0.2, 0) is 6.54 Å². The summed E-state index contributed by atoms with van der Waals surface area (Å²) in [5.41, 5.74) is 1.52. The van der Waals surface area contributed by atoms with Crippen LogP contribution in [0.3, 0.4) is 0 Å². The largest absolute Gasteiger partial charge is 0.412 e. The molecule has 0 spiro atoms. The first-order chi connectivity index (χ1) is 8.74. The Kier molecular flexibility index (Phi) is 3.86. The van der Waals surface area contributed by atoms with Crippen molar-refractivity contribution in [1.82, 2.24) is 15.5 Å². The smallest absolute Gasteiger partial charge is 0.410 e. The normalized spacial score (nSPS) is 9.83. The molecule has 0 radical (unpaired) electrons. The van der Waals surface area contributed by atoms with Gasteiger partial charge in [0.1, 0.15) is 5.75 Å². The topological polar surface area (TPSA) is 64.1 Å². The van der Waals surface area contributed by atoms with Crippen LogP contribution in [0.4, 0.5) is 4.79 Å². The predicted octanol–water partition coefficient (Wildman–Crippen LogP) is 2.07. The second kappa shape index (κ2) is 5.77. The number of benzene rings is 1. The highest BCUT2D eigenvalue weighted by atomic mass is 16.5. The number of aromatic nitrogens is 2. The first-order valence-corrected chi connectivity index (χ1v) is 5.54. The van der Waals surface area contributed by atoms with Crippen LogP contribution >= 0.6 is 0 Å². The van der Waals surface area contributed by atoms with Crippen LogP contribution in [-0.4, -0.2) is 16.3 Å². The van der Waals surface area contributed by atoms with Crippen molar-refractivity contribution in [3.63, 3.8) is 0 Å². The minimum atomic E-state index is -0.511. The summed E-state index contributed by atoms with van der Waals surface area (Å²) in [4.78, 5) is 11.5. The van der Waals surface area contributed by atoms with Gasteiger partial charge in [-0.15, -0.1) is 0 Å². The van der Waals surface area contributed by atoms with Crippen molar-refractivity contribution < 1.29 is 9.53 Å². The van der Waals surface area contributed by atoms with E-state index in [1.165, 1.54) is 0 Å². The molecule has 18 heavy (non-hydrogen) atoms. The van der Waals surface area contributed by atoms with Crippen molar-refractivity contribution in [3.05, 3.63) is 53.9 Å². The molecule has 1 amide bonds. The molecule has 1 N–H and O–H groups in total. The standard InChI is InChI=1S/C13H13N3O2/c1-10-7-8-11(16-15-10)9-14-13(17)18-12-5-3-2-4-6-12/h2-8H,9H2,1H3,(H,14,17). The van der Waals surface area contributed by atoms with Gasteiger partial charge in [0.2, 0.25) is 0 Å². The zero-order chi connectivity index (χ0) is 12.8. The lowest BCUT2D eigenvalue weighted by molar-refractivity contribution is 0.200. The third-order valence-electron chi connectivity index (χ3n) is 2.22. The fraction of sp³-hybridized carbons (Fsp3) is 0.154. The lowest BCUT2D eigenvalue weighted by atomic mass is 10.3. The average molecular weight is 243 g/mol. The van der Waals surface area contributed by atoms with Gasteiger partial charge in [0.25, 0.3) is 0 Å². The second-order valence-corrected chi connectivity index (χ2v) is 3.72. The summed E-state index contributed by atoms with van der Waals surface area (Å²) >= 11 is 0. The highest BCUT2D eigenvalue weighted by Gasteiger charge is 2.04. The van der Waals surface area contributed by atoms with Crippen molar-refractivity contribution in [2.24, 2.45) is 0 Å². The molecule has 0 bridgehead atoms. The highest BCUT2D eigenvalue weighted by Crippen LogP contribution is 2.08. The van der Waals surface area contributed by atoms with E-state index in [1.807, 2.05) is 25.1 Å². The molecular formula is C13H13N3O2. The Balaban J connectivity index is 1.83. The number of nitrogens with one attached hydrogen (secondary N) is 1. The lowest BCUT2D eigenvalue weighted by Gasteiger charge is -2.05. The number of amides is 1. The van der Waals surface area contributed by atoms with E-state index in [0.717, 1.165) is 5.69 Å². The number of hydrogen-bond acceptors (Lipinski definition) is 4. The molecule has 0 unspecified atom stereocenters. The Labute approximate surface area is 105 Å². The van der Waals surface area contributed by atoms with E-state index in [2.05, 4.69) is 15.5 Å². The van der Waals surface area contributed by atoms with Crippen molar-refractivity contribution >= 4 is 6.09 Å². The number of carbonyl (C=O) groups excluding carboxylic acids is 1. The molecule has 5 nitrogen and oxygen atoms in total. The Morgan fingerprint density at radius 3 is 2.61 bits per heavy atom. The zero-order valence-electron chi connectivity index (χ0n) is 9.96. The Bertz CT molecular complexity index is 512. The quantitative estimate of drug-likeness (QED) is 0.896. The number of carbonyl (C=O) groups is 1. The summed E-state index contributed by atoms with van der Waals surface area (Å²) in [7, 11) is 0. The number of aryl methyl sites for hydroxylation is 1. The van der Waals surface area contributed by atoms with E-state index in [1.54, 1.807) is 24.3 Å². The fourth-order valence-electron chi connectivity index (χ4n) is 1.32. The molecule has 1 aromatic carbocycles. The van der Waals surface area contributed by atoms with Crippen LogP contribution in [0.2, 0.25) is 0 Å². The van der Waals surface area contributed by atoms with Crippen molar-refractivity contribution in [3.8, 4) is 5.75 Å². The van der Waals surface area contributed by atoms with Crippen LogP contribution in [0.25, 0.3) is 0 Å². The van der Waals surface area contributed by atoms with Gasteiger partial charge in [-0.25, -0.2) is 4.79 Å². The molecule has 92 valence electrons. The Morgan fingerprint density at radius 1 is 1.17 bits per heavy atom. The molecule has 0 saturated carbocycles. The predicted molar refractivity (Wildman–Crippen MR) is 66.1 cm³/mol. The van der Waals surface area contributed by atoms with Crippen LogP contribution in [0.1, 0.15) is 11.4 Å². The second-order valence-electron chi connectivity index (χ2n) is 3.72. The van der Waals surface area contributed by atoms with E-state index in [9.17, 15) is 4.79 Å². The maximum atomic E-state index is 11.5. The molecule has 5 heteroatoms. The van der Waals surface area contributed by atoms with Gasteiger partial charge in [-0.3, -0.25) is 0 Å². The van der Waals surface area contributed by atoms with E-state index < -0.39 is 6.09 Å². The summed E-state index contributed by atoms with van der Waals surface area (Å²) < 4.78 is 5.06. The number of para-hydroxylation sites is 1. The van der Waals surface area contributed by atoms with Crippen LogP contribution < -0.4 is 10.1 Å². The minimum absolute atomic E-state index is 0.291. The van der Waals surface area contributed by atoms with Crippen LogP contribution in [0.5, 0.6) is 5.75 Å². The summed E-state index contributed by atoms with van der Waals surface area (Å²) in [6.45, 7) is 2.15. The third kappa shape index (κ3) is 3.55. The number of hydrogen-bond donors (Lipinski definition) is 1. The van der Waals surface area contributed by atoms with Crippen LogP contribution in [0.15, 0.2) is 42.5 Å². The van der Waals surface area contributed by atoms with Crippen LogP contribution in [0, 0.1) is 6.92 Å². The van der Waals surface area contributed by atoms with Gasteiger partial charge in [0, 0.05) is 0 Å². The molecule has 0 saturated heterocycles. The summed E-state index contributed by atoms with van der Waals surface area (Å²) in [5.74, 6) is 0.505. The van der Waals surface area contributed by atoms with Crippen molar-refractivity contribution in [2.45, 2.75) is 13.5 Å². The summed E-state index contributed by atoms with van der Waals surface area (Å²) in [6.07, 6.45) is -0.511. The lowest BCUT2D eigenvalue weighted by Crippen LogP contribution is -2.26. The van der Waals surface area contributed by atoms with Gasteiger partial charge >= 0.3 is 6.09 Å². The van der Waals surface area contributed by atoms with Crippen molar-refractivity contribution in [1.29, 1.82) is 0 Å². The molecule has 2 rings (SSSR count). The summed E-state index contributed by atoms with van der Waals surface area (Å²) in [6, 6.07) is 12.5. The molecule has 1 aromatic heterocycles. The molecule has 2 aromatic rings. The van der Waals surface area contributed by atoms with Gasteiger partial charge in [-0.05, 0) is 31.2 Å².